The van der Waals surface area contributed by atoms with Crippen molar-refractivity contribution in [3.63, 3.8) is 0 Å². The summed E-state index contributed by atoms with van der Waals surface area (Å²) >= 11 is 1.10. The van der Waals surface area contributed by atoms with Crippen molar-refractivity contribution in [2.75, 3.05) is 18.5 Å². The molecule has 8 heteroatoms. The summed E-state index contributed by atoms with van der Waals surface area (Å²) in [6.45, 7) is 1.65. The summed E-state index contributed by atoms with van der Waals surface area (Å²) in [5, 5.41) is 4.23. The number of anilines is 1. The van der Waals surface area contributed by atoms with E-state index >= 15 is 0 Å². The van der Waals surface area contributed by atoms with Gasteiger partial charge in [0.05, 0.1) is 6.61 Å². The van der Waals surface area contributed by atoms with E-state index in [1.54, 1.807) is 13.0 Å². The molecule has 0 spiro atoms. The van der Waals surface area contributed by atoms with Gasteiger partial charge in [-0.2, -0.15) is 0 Å². The maximum Gasteiger partial charge on any atom is 0.357 e. The van der Waals surface area contributed by atoms with Crippen LogP contribution in [0, 0.1) is 5.82 Å². The summed E-state index contributed by atoms with van der Waals surface area (Å²) in [7, 11) is 0. The number of benzene rings is 1. The summed E-state index contributed by atoms with van der Waals surface area (Å²) in [5.41, 5.74) is 0.133. The third-order valence-corrected chi connectivity index (χ3v) is 3.16. The van der Waals surface area contributed by atoms with Gasteiger partial charge >= 0.3 is 5.97 Å². The monoisotopic (exact) mass is 324 g/mol. The predicted octanol–water partition coefficient (Wildman–Crippen LogP) is 2.48. The van der Waals surface area contributed by atoms with E-state index < -0.39 is 17.7 Å². The van der Waals surface area contributed by atoms with Gasteiger partial charge in [-0.05, 0) is 19.1 Å². The average Bonchev–Trinajstić information content (AvgIpc) is 2.94. The Labute approximate surface area is 129 Å². The molecule has 0 fully saturated rings. The van der Waals surface area contributed by atoms with Crippen molar-refractivity contribution in [3.05, 3.63) is 41.2 Å². The minimum Gasteiger partial charge on any atom is -0.484 e. The standard InChI is InChI=1S/C14H13FN2O4S/c1-2-20-13(19)11-8-22-14(16-11)17-12(18)7-21-10-5-3-4-9(15)6-10/h3-6,8H,2,7H2,1H3,(H,16,17,18). The third kappa shape index (κ3) is 4.52. The summed E-state index contributed by atoms with van der Waals surface area (Å²) in [6.07, 6.45) is 0. The molecule has 1 amide bonds. The highest BCUT2D eigenvalue weighted by Gasteiger charge is 2.13. The summed E-state index contributed by atoms with van der Waals surface area (Å²) in [6, 6.07) is 5.47. The van der Waals surface area contributed by atoms with E-state index in [1.807, 2.05) is 0 Å². The van der Waals surface area contributed by atoms with Gasteiger partial charge in [0.2, 0.25) is 0 Å². The summed E-state index contributed by atoms with van der Waals surface area (Å²) < 4.78 is 22.9. The molecule has 1 heterocycles. The van der Waals surface area contributed by atoms with Crippen molar-refractivity contribution in [2.45, 2.75) is 6.92 Å². The number of nitrogens with zero attached hydrogens (tertiary/aromatic N) is 1. The molecule has 0 saturated heterocycles. The Balaban J connectivity index is 1.86. The molecule has 0 unspecified atom stereocenters. The van der Waals surface area contributed by atoms with Crippen molar-refractivity contribution in [2.24, 2.45) is 0 Å². The van der Waals surface area contributed by atoms with E-state index in [0.29, 0.717) is 0 Å². The number of thiazole rings is 1. The van der Waals surface area contributed by atoms with Crippen molar-refractivity contribution in [1.29, 1.82) is 0 Å². The predicted molar refractivity (Wildman–Crippen MR) is 78.6 cm³/mol. The molecule has 116 valence electrons. The maximum atomic E-state index is 12.9. The lowest BCUT2D eigenvalue weighted by Crippen LogP contribution is -2.20. The fourth-order valence-electron chi connectivity index (χ4n) is 1.49. The van der Waals surface area contributed by atoms with E-state index in [9.17, 15) is 14.0 Å². The number of hydrogen-bond acceptors (Lipinski definition) is 6. The lowest BCUT2D eigenvalue weighted by atomic mass is 10.3. The zero-order chi connectivity index (χ0) is 15.9. The van der Waals surface area contributed by atoms with Gasteiger partial charge in [0.15, 0.2) is 17.4 Å². The molecule has 1 aromatic carbocycles. The SMILES string of the molecule is CCOC(=O)c1csc(NC(=O)COc2cccc(F)c2)n1. The number of amides is 1. The van der Waals surface area contributed by atoms with E-state index in [4.69, 9.17) is 9.47 Å². The van der Waals surface area contributed by atoms with Crippen LogP contribution in [0.5, 0.6) is 5.75 Å². The maximum absolute atomic E-state index is 12.9. The lowest BCUT2D eigenvalue weighted by molar-refractivity contribution is -0.118. The van der Waals surface area contributed by atoms with Gasteiger partial charge in [-0.3, -0.25) is 10.1 Å². The summed E-state index contributed by atoms with van der Waals surface area (Å²) in [5.74, 6) is -1.21. The first kappa shape index (κ1) is 15.9. The van der Waals surface area contributed by atoms with E-state index in [-0.39, 0.29) is 29.8 Å². The Hall–Kier alpha value is -2.48. The second-order valence-corrected chi connectivity index (χ2v) is 4.91. The molecule has 1 N–H and O–H groups in total. The first-order chi connectivity index (χ1) is 10.6. The van der Waals surface area contributed by atoms with E-state index in [2.05, 4.69) is 10.3 Å². The van der Waals surface area contributed by atoms with Gasteiger partial charge < -0.3 is 9.47 Å². The second kappa shape index (κ2) is 7.51. The van der Waals surface area contributed by atoms with Crippen molar-refractivity contribution >= 4 is 28.3 Å². The first-order valence-corrected chi connectivity index (χ1v) is 7.27. The quantitative estimate of drug-likeness (QED) is 0.826. The number of nitrogens with one attached hydrogen (secondary N) is 1. The normalized spacial score (nSPS) is 10.1. The fraction of sp³-hybridized carbons (Fsp3) is 0.214. The number of esters is 1. The molecule has 0 bridgehead atoms. The third-order valence-electron chi connectivity index (χ3n) is 2.40. The van der Waals surface area contributed by atoms with Gasteiger partial charge in [0.25, 0.3) is 5.91 Å². The molecular weight excluding hydrogens is 311 g/mol. The number of ether oxygens (including phenoxy) is 2. The van der Waals surface area contributed by atoms with Crippen LogP contribution in [-0.4, -0.2) is 30.1 Å². The minimum absolute atomic E-state index is 0.133. The molecule has 0 atom stereocenters. The molecule has 0 aliphatic carbocycles. The number of halogens is 1. The molecule has 0 aliphatic rings. The van der Waals surface area contributed by atoms with Crippen LogP contribution in [0.15, 0.2) is 29.6 Å². The first-order valence-electron chi connectivity index (χ1n) is 6.39. The lowest BCUT2D eigenvalue weighted by Gasteiger charge is -2.05. The van der Waals surface area contributed by atoms with Crippen LogP contribution in [0.25, 0.3) is 0 Å². The summed E-state index contributed by atoms with van der Waals surface area (Å²) in [4.78, 5) is 27.1. The highest BCUT2D eigenvalue weighted by molar-refractivity contribution is 7.14. The molecule has 6 nitrogen and oxygen atoms in total. The number of carbonyl (C=O) groups excluding carboxylic acids is 2. The number of rotatable bonds is 6. The Bertz CT molecular complexity index is 674. The highest BCUT2D eigenvalue weighted by Crippen LogP contribution is 2.16. The second-order valence-electron chi connectivity index (χ2n) is 4.05. The number of aromatic nitrogens is 1. The number of carbonyl (C=O) groups is 2. The van der Waals surface area contributed by atoms with Crippen LogP contribution >= 0.6 is 11.3 Å². The molecule has 0 radical (unpaired) electrons. The molecule has 2 aromatic rings. The van der Waals surface area contributed by atoms with E-state index in [1.165, 1.54) is 23.6 Å². The van der Waals surface area contributed by atoms with Crippen LogP contribution < -0.4 is 10.1 Å². The van der Waals surface area contributed by atoms with Crippen molar-refractivity contribution in [3.8, 4) is 5.75 Å². The van der Waals surface area contributed by atoms with Crippen molar-refractivity contribution in [1.82, 2.24) is 4.98 Å². The molecule has 2 rings (SSSR count). The minimum atomic E-state index is -0.546. The van der Waals surface area contributed by atoms with Crippen molar-refractivity contribution < 1.29 is 23.5 Å². The topological polar surface area (TPSA) is 77.5 Å². The zero-order valence-corrected chi connectivity index (χ0v) is 12.5. The van der Waals surface area contributed by atoms with Gasteiger partial charge in [-0.15, -0.1) is 11.3 Å². The van der Waals surface area contributed by atoms with Crippen LogP contribution in [-0.2, 0) is 9.53 Å². The fourth-order valence-corrected chi connectivity index (χ4v) is 2.19. The Kier molecular flexibility index (Phi) is 5.42. The average molecular weight is 324 g/mol. The van der Waals surface area contributed by atoms with E-state index in [0.717, 1.165) is 11.3 Å². The zero-order valence-electron chi connectivity index (χ0n) is 11.7. The molecule has 0 aliphatic heterocycles. The number of hydrogen-bond donors (Lipinski definition) is 1. The molecular formula is C14H13FN2O4S. The highest BCUT2D eigenvalue weighted by atomic mass is 32.1. The van der Waals surface area contributed by atoms with Gasteiger partial charge in [-0.1, -0.05) is 6.07 Å². The van der Waals surface area contributed by atoms with Crippen LogP contribution in [0.2, 0.25) is 0 Å². The Morgan fingerprint density at radius 1 is 1.41 bits per heavy atom. The molecule has 22 heavy (non-hydrogen) atoms. The Morgan fingerprint density at radius 3 is 2.95 bits per heavy atom. The smallest absolute Gasteiger partial charge is 0.357 e. The molecule has 0 saturated carbocycles. The van der Waals surface area contributed by atoms with Gasteiger partial charge in [0.1, 0.15) is 11.6 Å². The van der Waals surface area contributed by atoms with Crippen LogP contribution in [0.4, 0.5) is 9.52 Å². The largest absolute Gasteiger partial charge is 0.484 e. The molecule has 1 aromatic heterocycles. The Morgan fingerprint density at radius 2 is 2.23 bits per heavy atom. The van der Waals surface area contributed by atoms with Gasteiger partial charge in [0, 0.05) is 11.4 Å². The van der Waals surface area contributed by atoms with Crippen LogP contribution in [0.3, 0.4) is 0 Å². The van der Waals surface area contributed by atoms with Gasteiger partial charge in [-0.25, -0.2) is 14.2 Å². The van der Waals surface area contributed by atoms with Crippen LogP contribution in [0.1, 0.15) is 17.4 Å².